The Labute approximate surface area is 121 Å². The fourth-order valence-corrected chi connectivity index (χ4v) is 1.67. The molecule has 1 amide bonds. The van der Waals surface area contributed by atoms with Crippen molar-refractivity contribution in [2.75, 3.05) is 31.3 Å². The van der Waals surface area contributed by atoms with Crippen LogP contribution >= 0.6 is 0 Å². The Balaban J connectivity index is 2.85. The van der Waals surface area contributed by atoms with E-state index < -0.39 is 29.1 Å². The fraction of sp³-hybridized carbons (Fsp3) is 0.385. The average molecular weight is 299 g/mol. The zero-order valence-corrected chi connectivity index (χ0v) is 11.8. The minimum absolute atomic E-state index is 0.0794. The van der Waals surface area contributed by atoms with Crippen LogP contribution in [-0.4, -0.2) is 43.3 Å². The first-order chi connectivity index (χ1) is 9.88. The third-order valence-corrected chi connectivity index (χ3v) is 2.78. The van der Waals surface area contributed by atoms with Crippen molar-refractivity contribution < 1.29 is 23.8 Å². The van der Waals surface area contributed by atoms with E-state index in [0.717, 1.165) is 6.07 Å². The second-order valence-electron chi connectivity index (χ2n) is 4.34. The van der Waals surface area contributed by atoms with Gasteiger partial charge in [0.1, 0.15) is 17.4 Å². The molecule has 0 fully saturated rings. The molecule has 1 unspecified atom stereocenters. The summed E-state index contributed by atoms with van der Waals surface area (Å²) in [6, 6.07) is 1.55. The Hall–Kier alpha value is -2.35. The molecule has 1 rings (SSSR count). The van der Waals surface area contributed by atoms with Gasteiger partial charge in [0.15, 0.2) is 0 Å². The summed E-state index contributed by atoms with van der Waals surface area (Å²) in [7, 11) is 1.51. The lowest BCUT2D eigenvalue weighted by molar-refractivity contribution is -0.121. The Bertz CT molecular complexity index is 536. The molecule has 0 aliphatic carbocycles. The van der Waals surface area contributed by atoms with Crippen LogP contribution in [0.25, 0.3) is 0 Å². The van der Waals surface area contributed by atoms with Gasteiger partial charge in [-0.15, -0.1) is 0 Å². The summed E-state index contributed by atoms with van der Waals surface area (Å²) >= 11 is 0. The molecule has 0 aromatic heterocycles. The maximum absolute atomic E-state index is 13.3. The molecule has 0 radical (unpaired) electrons. The van der Waals surface area contributed by atoms with Crippen LogP contribution in [0.5, 0.6) is 0 Å². The number of carbonyl (C=O) groups excluding carboxylic acids is 1. The Kier molecular flexibility index (Phi) is 5.92. The number of nitrogens with two attached hydrogens (primary N) is 1. The molecule has 0 aliphatic rings. The number of benzene rings is 1. The minimum atomic E-state index is -1.37. The summed E-state index contributed by atoms with van der Waals surface area (Å²) in [5, 5.41) is 14.4. The number of carboxylic acids is 1. The normalized spacial score (nSPS) is 11.8. The Morgan fingerprint density at radius 2 is 2.14 bits per heavy atom. The van der Waals surface area contributed by atoms with E-state index in [1.165, 1.54) is 13.2 Å². The first-order valence-electron chi connectivity index (χ1n) is 6.23. The summed E-state index contributed by atoms with van der Waals surface area (Å²) in [6.45, 7) is 2.24. The number of aromatic carboxylic acids is 1. The van der Waals surface area contributed by atoms with Gasteiger partial charge in [0.05, 0.1) is 18.0 Å². The Morgan fingerprint density at radius 1 is 1.48 bits per heavy atom. The largest absolute Gasteiger partial charge is 0.478 e. The number of ether oxygens (including phenoxy) is 1. The molecule has 0 aliphatic heterocycles. The van der Waals surface area contributed by atoms with Crippen LogP contribution in [0.4, 0.5) is 15.8 Å². The number of nitrogens with one attached hydrogen (secondary N) is 2. The molecule has 1 atom stereocenters. The van der Waals surface area contributed by atoms with Gasteiger partial charge in [-0.2, -0.15) is 0 Å². The number of hydrogen-bond acceptors (Lipinski definition) is 5. The van der Waals surface area contributed by atoms with Crippen LogP contribution in [0, 0.1) is 5.82 Å². The van der Waals surface area contributed by atoms with Gasteiger partial charge in [-0.25, -0.2) is 9.18 Å². The number of methoxy groups -OCH3 is 1. The first kappa shape index (κ1) is 16.7. The topological polar surface area (TPSA) is 114 Å². The van der Waals surface area contributed by atoms with Gasteiger partial charge < -0.3 is 26.2 Å². The molecule has 0 spiro atoms. The highest BCUT2D eigenvalue weighted by molar-refractivity contribution is 6.00. The lowest BCUT2D eigenvalue weighted by Gasteiger charge is -2.17. The second kappa shape index (κ2) is 7.44. The number of nitrogen functional groups attached to an aromatic ring is 1. The summed E-state index contributed by atoms with van der Waals surface area (Å²) in [4.78, 5) is 22.9. The maximum atomic E-state index is 13.3. The van der Waals surface area contributed by atoms with Crippen LogP contribution in [0.15, 0.2) is 12.1 Å². The van der Waals surface area contributed by atoms with Gasteiger partial charge in [-0.1, -0.05) is 0 Å². The van der Waals surface area contributed by atoms with Crippen molar-refractivity contribution in [3.63, 3.8) is 0 Å². The third-order valence-electron chi connectivity index (χ3n) is 2.78. The zero-order valence-electron chi connectivity index (χ0n) is 11.8. The maximum Gasteiger partial charge on any atom is 0.340 e. The predicted molar refractivity (Wildman–Crippen MR) is 75.7 cm³/mol. The van der Waals surface area contributed by atoms with Gasteiger partial charge in [0.2, 0.25) is 5.91 Å². The van der Waals surface area contributed by atoms with E-state index >= 15 is 0 Å². The van der Waals surface area contributed by atoms with Crippen molar-refractivity contribution in [2.45, 2.75) is 13.0 Å². The number of carboxylic acid groups (broad SMARTS) is 1. The molecule has 8 heteroatoms. The molecule has 0 bridgehead atoms. The molecule has 0 saturated carbocycles. The van der Waals surface area contributed by atoms with Gasteiger partial charge in [-0.3, -0.25) is 4.79 Å². The lowest BCUT2D eigenvalue weighted by atomic mass is 10.1. The highest BCUT2D eigenvalue weighted by Gasteiger charge is 2.20. The number of amides is 1. The highest BCUT2D eigenvalue weighted by Crippen LogP contribution is 2.25. The van der Waals surface area contributed by atoms with Gasteiger partial charge in [0.25, 0.3) is 0 Å². The van der Waals surface area contributed by atoms with E-state index in [1.807, 2.05) is 0 Å². The van der Waals surface area contributed by atoms with E-state index in [9.17, 15) is 14.0 Å². The molecule has 116 valence electrons. The van der Waals surface area contributed by atoms with Gasteiger partial charge >= 0.3 is 5.97 Å². The standard InChI is InChI=1S/C13H18FN3O4/c1-7(12(18)16-5-6-21-2)17-9-4-3-8(14)11(15)10(9)13(19)20/h3-4,7,17H,5-6,15H2,1-2H3,(H,16,18)(H,19,20). The minimum Gasteiger partial charge on any atom is -0.478 e. The number of rotatable bonds is 7. The quantitative estimate of drug-likeness (QED) is 0.435. The number of carbonyl (C=O) groups is 2. The number of anilines is 2. The second-order valence-corrected chi connectivity index (χ2v) is 4.34. The molecular formula is C13H18FN3O4. The van der Waals surface area contributed by atoms with E-state index in [0.29, 0.717) is 13.2 Å². The smallest absolute Gasteiger partial charge is 0.340 e. The fourth-order valence-electron chi connectivity index (χ4n) is 1.67. The number of halogens is 1. The predicted octanol–water partition coefficient (Wildman–Crippen LogP) is 0.669. The first-order valence-corrected chi connectivity index (χ1v) is 6.23. The molecule has 0 saturated heterocycles. The van der Waals surface area contributed by atoms with E-state index in [4.69, 9.17) is 15.6 Å². The van der Waals surface area contributed by atoms with E-state index in [-0.39, 0.29) is 11.6 Å². The highest BCUT2D eigenvalue weighted by atomic mass is 19.1. The van der Waals surface area contributed by atoms with Crippen molar-refractivity contribution in [2.24, 2.45) is 0 Å². The average Bonchev–Trinajstić information content (AvgIpc) is 2.42. The monoisotopic (exact) mass is 299 g/mol. The summed E-state index contributed by atoms with van der Waals surface area (Å²) in [5.74, 6) is -2.54. The van der Waals surface area contributed by atoms with Gasteiger partial charge in [0, 0.05) is 13.7 Å². The molecule has 21 heavy (non-hydrogen) atoms. The van der Waals surface area contributed by atoms with Crippen molar-refractivity contribution in [1.82, 2.24) is 5.32 Å². The van der Waals surface area contributed by atoms with Crippen LogP contribution in [-0.2, 0) is 9.53 Å². The summed E-state index contributed by atoms with van der Waals surface area (Å²) in [6.07, 6.45) is 0. The SMILES string of the molecule is COCCNC(=O)C(C)Nc1ccc(F)c(N)c1C(=O)O. The molecule has 5 N–H and O–H groups in total. The van der Waals surface area contributed by atoms with Gasteiger partial charge in [-0.05, 0) is 19.1 Å². The van der Waals surface area contributed by atoms with Crippen molar-refractivity contribution >= 4 is 23.3 Å². The van der Waals surface area contributed by atoms with Crippen molar-refractivity contribution in [3.8, 4) is 0 Å². The van der Waals surface area contributed by atoms with Crippen LogP contribution < -0.4 is 16.4 Å². The van der Waals surface area contributed by atoms with Crippen LogP contribution in [0.2, 0.25) is 0 Å². The third kappa shape index (κ3) is 4.32. The van der Waals surface area contributed by atoms with Crippen LogP contribution in [0.1, 0.15) is 17.3 Å². The summed E-state index contributed by atoms with van der Waals surface area (Å²) < 4.78 is 18.1. The molecular weight excluding hydrogens is 281 g/mol. The number of hydrogen-bond donors (Lipinski definition) is 4. The van der Waals surface area contributed by atoms with Crippen LogP contribution in [0.3, 0.4) is 0 Å². The molecule has 0 heterocycles. The zero-order chi connectivity index (χ0) is 16.0. The Morgan fingerprint density at radius 3 is 2.71 bits per heavy atom. The molecule has 7 nitrogen and oxygen atoms in total. The van der Waals surface area contributed by atoms with E-state index in [1.54, 1.807) is 6.92 Å². The summed E-state index contributed by atoms with van der Waals surface area (Å²) in [5.41, 5.74) is 4.63. The van der Waals surface area contributed by atoms with E-state index in [2.05, 4.69) is 10.6 Å². The van der Waals surface area contributed by atoms with Crippen molar-refractivity contribution in [3.05, 3.63) is 23.5 Å². The lowest BCUT2D eigenvalue weighted by Crippen LogP contribution is -2.39. The van der Waals surface area contributed by atoms with Crippen molar-refractivity contribution in [1.29, 1.82) is 0 Å². The molecule has 1 aromatic carbocycles. The molecule has 1 aromatic rings.